The number of likely N-dealkylation sites (tertiary alicyclic amines) is 1. The van der Waals surface area contributed by atoms with Crippen LogP contribution < -0.4 is 10.2 Å². The van der Waals surface area contributed by atoms with E-state index in [1.54, 1.807) is 11.6 Å². The molecule has 0 atom stereocenters. The molecule has 0 aromatic carbocycles. The Kier molecular flexibility index (Phi) is 6.36. The molecule has 0 saturated carbocycles. The van der Waals surface area contributed by atoms with Crippen molar-refractivity contribution in [2.24, 2.45) is 0 Å². The van der Waals surface area contributed by atoms with Gasteiger partial charge in [0.15, 0.2) is 0 Å². The third-order valence-corrected chi connectivity index (χ3v) is 6.02. The van der Waals surface area contributed by atoms with Gasteiger partial charge < -0.3 is 19.9 Å². The van der Waals surface area contributed by atoms with Gasteiger partial charge in [0.2, 0.25) is 5.91 Å². The molecule has 2 aliphatic rings. The van der Waals surface area contributed by atoms with Crippen LogP contribution in [-0.4, -0.2) is 72.6 Å². The van der Waals surface area contributed by atoms with Gasteiger partial charge in [0, 0.05) is 56.3 Å². The molecule has 0 unspecified atom stereocenters. The summed E-state index contributed by atoms with van der Waals surface area (Å²) in [4.78, 5) is 37.0. The lowest BCUT2D eigenvalue weighted by atomic mass is 10.3. The monoisotopic (exact) mass is 415 g/mol. The maximum Gasteiger partial charge on any atom is 0.270 e. The van der Waals surface area contributed by atoms with Gasteiger partial charge in [-0.15, -0.1) is 11.3 Å². The van der Waals surface area contributed by atoms with Crippen LogP contribution in [0.5, 0.6) is 0 Å². The highest BCUT2D eigenvalue weighted by atomic mass is 32.1. The zero-order valence-corrected chi connectivity index (χ0v) is 17.1. The number of hydrogen-bond donors (Lipinski definition) is 1. The van der Waals surface area contributed by atoms with E-state index in [1.165, 1.54) is 11.3 Å². The molecule has 29 heavy (non-hydrogen) atoms. The minimum Gasteiger partial charge on any atom is -0.378 e. The van der Waals surface area contributed by atoms with Gasteiger partial charge in [0.05, 0.1) is 13.2 Å². The van der Waals surface area contributed by atoms with Crippen LogP contribution in [0.25, 0.3) is 10.6 Å². The third-order valence-electron chi connectivity index (χ3n) is 5.13. The average Bonchev–Trinajstić information content (AvgIpc) is 3.41. The fraction of sp³-hybridized carbons (Fsp3) is 0.500. The van der Waals surface area contributed by atoms with E-state index in [2.05, 4.69) is 20.2 Å². The Hall–Kier alpha value is -2.52. The Bertz CT molecular complexity index is 848. The highest BCUT2D eigenvalue weighted by Gasteiger charge is 2.19. The molecule has 2 saturated heterocycles. The quantitative estimate of drug-likeness (QED) is 0.694. The van der Waals surface area contributed by atoms with E-state index in [-0.39, 0.29) is 11.8 Å². The second kappa shape index (κ2) is 9.32. The van der Waals surface area contributed by atoms with Gasteiger partial charge in [-0.25, -0.2) is 9.97 Å². The van der Waals surface area contributed by atoms with Crippen LogP contribution in [-0.2, 0) is 9.53 Å². The van der Waals surface area contributed by atoms with Crippen LogP contribution in [0.2, 0.25) is 0 Å². The fourth-order valence-electron chi connectivity index (χ4n) is 3.51. The Balaban J connectivity index is 1.28. The lowest BCUT2D eigenvalue weighted by Crippen LogP contribution is -2.36. The Morgan fingerprint density at radius 3 is 2.83 bits per heavy atom. The molecule has 0 aliphatic carbocycles. The molecular weight excluding hydrogens is 390 g/mol. The Morgan fingerprint density at radius 1 is 1.24 bits per heavy atom. The molecule has 8 nitrogen and oxygen atoms in total. The van der Waals surface area contributed by atoms with Crippen molar-refractivity contribution in [3.63, 3.8) is 0 Å². The molecule has 1 N–H and O–H groups in total. The minimum atomic E-state index is -0.182. The van der Waals surface area contributed by atoms with Crippen molar-refractivity contribution in [2.45, 2.75) is 19.3 Å². The van der Waals surface area contributed by atoms with E-state index in [0.717, 1.165) is 62.1 Å². The maximum absolute atomic E-state index is 12.3. The predicted octanol–water partition coefficient (Wildman–Crippen LogP) is 1.78. The second-order valence-electron chi connectivity index (χ2n) is 7.14. The molecule has 4 heterocycles. The highest BCUT2D eigenvalue weighted by molar-refractivity contribution is 7.13. The van der Waals surface area contributed by atoms with Crippen LogP contribution in [0.4, 0.5) is 5.82 Å². The normalized spacial score (nSPS) is 17.0. The molecule has 9 heteroatoms. The van der Waals surface area contributed by atoms with Gasteiger partial charge in [-0.2, -0.15) is 0 Å². The first-order valence-electron chi connectivity index (χ1n) is 10.0. The van der Waals surface area contributed by atoms with E-state index >= 15 is 0 Å². The summed E-state index contributed by atoms with van der Waals surface area (Å²) in [6.45, 7) is 5.21. The summed E-state index contributed by atoms with van der Waals surface area (Å²) in [7, 11) is 0. The van der Waals surface area contributed by atoms with E-state index < -0.39 is 0 Å². The minimum absolute atomic E-state index is 0.182. The number of carbonyl (C=O) groups excluding carboxylic acids is 2. The molecule has 0 radical (unpaired) electrons. The molecule has 154 valence electrons. The number of pyridine rings is 1. The summed E-state index contributed by atoms with van der Waals surface area (Å²) in [6.07, 6.45) is 4.14. The molecule has 0 spiro atoms. The number of aromatic nitrogens is 2. The van der Waals surface area contributed by atoms with Crippen molar-refractivity contribution >= 4 is 29.0 Å². The molecule has 4 rings (SSSR count). The Labute approximate surface area is 173 Å². The molecular formula is C20H25N5O3S. The first-order chi connectivity index (χ1) is 14.2. The van der Waals surface area contributed by atoms with Gasteiger partial charge in [-0.05, 0) is 25.0 Å². The standard InChI is InChI=1S/C20H25N5O3S/c26-18-3-1-7-25(18)8-2-6-21-19(27)16-14-29-20(23-16)15-4-5-17(22-13-15)24-9-11-28-12-10-24/h4-5,13-14H,1-3,6-12H2,(H,21,27). The maximum atomic E-state index is 12.3. The lowest BCUT2D eigenvalue weighted by Gasteiger charge is -2.27. The third kappa shape index (κ3) is 4.91. The zero-order chi connectivity index (χ0) is 20.1. The molecule has 2 aromatic heterocycles. The first kappa shape index (κ1) is 19.8. The number of thiazole rings is 1. The summed E-state index contributed by atoms with van der Waals surface area (Å²) in [5, 5.41) is 5.43. The predicted molar refractivity (Wildman–Crippen MR) is 111 cm³/mol. The zero-order valence-electron chi connectivity index (χ0n) is 16.3. The van der Waals surface area contributed by atoms with Gasteiger partial charge in [0.25, 0.3) is 5.91 Å². The smallest absolute Gasteiger partial charge is 0.270 e. The molecule has 2 aromatic rings. The molecule has 2 aliphatic heterocycles. The van der Waals surface area contributed by atoms with Crippen LogP contribution in [0.3, 0.4) is 0 Å². The average molecular weight is 416 g/mol. The summed E-state index contributed by atoms with van der Waals surface area (Å²) in [5.41, 5.74) is 1.32. The first-order valence-corrected chi connectivity index (χ1v) is 10.9. The Morgan fingerprint density at radius 2 is 2.10 bits per heavy atom. The van der Waals surface area contributed by atoms with E-state index in [1.807, 2.05) is 17.0 Å². The summed E-state index contributed by atoms with van der Waals surface area (Å²) in [6, 6.07) is 3.98. The van der Waals surface area contributed by atoms with Crippen molar-refractivity contribution < 1.29 is 14.3 Å². The van der Waals surface area contributed by atoms with Gasteiger partial charge in [-0.1, -0.05) is 0 Å². The van der Waals surface area contributed by atoms with E-state index in [0.29, 0.717) is 25.2 Å². The largest absolute Gasteiger partial charge is 0.378 e. The van der Waals surface area contributed by atoms with Gasteiger partial charge >= 0.3 is 0 Å². The number of ether oxygens (including phenoxy) is 1. The lowest BCUT2D eigenvalue weighted by molar-refractivity contribution is -0.127. The summed E-state index contributed by atoms with van der Waals surface area (Å²) in [5.74, 6) is 0.968. The highest BCUT2D eigenvalue weighted by Crippen LogP contribution is 2.25. The van der Waals surface area contributed by atoms with E-state index in [4.69, 9.17) is 4.74 Å². The fourth-order valence-corrected chi connectivity index (χ4v) is 4.30. The van der Waals surface area contributed by atoms with Gasteiger partial charge in [0.1, 0.15) is 16.5 Å². The van der Waals surface area contributed by atoms with Crippen molar-refractivity contribution in [3.8, 4) is 10.6 Å². The van der Waals surface area contributed by atoms with Crippen molar-refractivity contribution in [1.29, 1.82) is 0 Å². The number of amides is 2. The van der Waals surface area contributed by atoms with E-state index in [9.17, 15) is 9.59 Å². The van der Waals surface area contributed by atoms with Crippen LogP contribution in [0, 0.1) is 0 Å². The van der Waals surface area contributed by atoms with Crippen LogP contribution in [0.1, 0.15) is 29.8 Å². The van der Waals surface area contributed by atoms with Crippen LogP contribution in [0.15, 0.2) is 23.7 Å². The second-order valence-corrected chi connectivity index (χ2v) is 7.99. The number of carbonyl (C=O) groups is 2. The topological polar surface area (TPSA) is 87.7 Å². The van der Waals surface area contributed by atoms with Crippen molar-refractivity contribution in [3.05, 3.63) is 29.4 Å². The molecule has 0 bridgehead atoms. The number of rotatable bonds is 7. The summed E-state index contributed by atoms with van der Waals surface area (Å²) < 4.78 is 5.37. The van der Waals surface area contributed by atoms with Crippen molar-refractivity contribution in [2.75, 3.05) is 50.8 Å². The van der Waals surface area contributed by atoms with Crippen molar-refractivity contribution in [1.82, 2.24) is 20.2 Å². The molecule has 2 amide bonds. The SMILES string of the molecule is O=C(NCCCN1CCCC1=O)c1csc(-c2ccc(N3CCOCC3)nc2)n1. The number of nitrogens with one attached hydrogen (secondary N) is 1. The number of morpholine rings is 1. The van der Waals surface area contributed by atoms with Gasteiger partial charge in [-0.3, -0.25) is 9.59 Å². The number of hydrogen-bond acceptors (Lipinski definition) is 7. The van der Waals surface area contributed by atoms with Crippen LogP contribution >= 0.6 is 11.3 Å². The number of nitrogens with zero attached hydrogens (tertiary/aromatic N) is 4. The number of anilines is 1. The molecule has 2 fully saturated rings. The summed E-state index contributed by atoms with van der Waals surface area (Å²) >= 11 is 1.43.